The second-order valence-electron chi connectivity index (χ2n) is 7.22. The Morgan fingerprint density at radius 1 is 1.24 bits per heavy atom. The maximum atomic E-state index is 12.2. The van der Waals surface area contributed by atoms with E-state index < -0.39 is 0 Å². The lowest BCUT2D eigenvalue weighted by Gasteiger charge is -2.21. The zero-order valence-electron chi connectivity index (χ0n) is 14.4. The first kappa shape index (κ1) is 16.1. The molecular formula is C19H25N5O. The molecule has 0 radical (unpaired) electrons. The Morgan fingerprint density at radius 3 is 2.92 bits per heavy atom. The van der Waals surface area contributed by atoms with Crippen molar-refractivity contribution in [1.82, 2.24) is 25.2 Å². The maximum absolute atomic E-state index is 12.2. The smallest absolute Gasteiger partial charge is 0.315 e. The van der Waals surface area contributed by atoms with Crippen LogP contribution in [0, 0.1) is 11.8 Å². The molecule has 2 aromatic heterocycles. The summed E-state index contributed by atoms with van der Waals surface area (Å²) in [5, 5.41) is 6.10. The van der Waals surface area contributed by atoms with Crippen molar-refractivity contribution in [2.45, 2.75) is 51.1 Å². The Morgan fingerprint density at radius 2 is 2.12 bits per heavy atom. The highest BCUT2D eigenvalue weighted by Crippen LogP contribution is 2.44. The highest BCUT2D eigenvalue weighted by molar-refractivity contribution is 5.74. The number of aromatic nitrogens is 3. The van der Waals surface area contributed by atoms with Gasteiger partial charge in [-0.05, 0) is 36.0 Å². The molecule has 0 spiro atoms. The molecule has 2 saturated carbocycles. The summed E-state index contributed by atoms with van der Waals surface area (Å²) in [5.41, 5.74) is 1.02. The van der Waals surface area contributed by atoms with Gasteiger partial charge < -0.3 is 10.6 Å². The molecular weight excluding hydrogens is 314 g/mol. The van der Waals surface area contributed by atoms with E-state index in [0.29, 0.717) is 18.5 Å². The minimum absolute atomic E-state index is 0.0655. The van der Waals surface area contributed by atoms with E-state index in [0.717, 1.165) is 23.7 Å². The number of carbonyl (C=O) groups excluding carboxylic acids is 1. The van der Waals surface area contributed by atoms with Gasteiger partial charge in [-0.2, -0.15) is 0 Å². The lowest BCUT2D eigenvalue weighted by Crippen LogP contribution is -2.37. The second kappa shape index (κ2) is 7.25. The third-order valence-corrected chi connectivity index (χ3v) is 5.44. The van der Waals surface area contributed by atoms with Crippen LogP contribution >= 0.6 is 0 Å². The molecule has 4 rings (SSSR count). The van der Waals surface area contributed by atoms with E-state index in [1.807, 2.05) is 22.9 Å². The molecule has 2 amide bonds. The van der Waals surface area contributed by atoms with Crippen molar-refractivity contribution < 1.29 is 4.79 Å². The van der Waals surface area contributed by atoms with Gasteiger partial charge in [-0.25, -0.2) is 14.8 Å². The van der Waals surface area contributed by atoms with Crippen LogP contribution in [0.2, 0.25) is 0 Å². The number of nitrogens with one attached hydrogen (secondary N) is 2. The normalized spacial score (nSPS) is 23.2. The molecule has 2 heterocycles. The number of urea groups is 1. The summed E-state index contributed by atoms with van der Waals surface area (Å²) in [6, 6.07) is 4.19. The van der Waals surface area contributed by atoms with Crippen LogP contribution in [0.5, 0.6) is 0 Å². The molecule has 2 aliphatic rings. The van der Waals surface area contributed by atoms with E-state index in [1.165, 1.54) is 32.1 Å². The van der Waals surface area contributed by atoms with Gasteiger partial charge in [-0.1, -0.05) is 32.1 Å². The van der Waals surface area contributed by atoms with Gasteiger partial charge in [0.25, 0.3) is 0 Å². The molecule has 2 aliphatic carbocycles. The van der Waals surface area contributed by atoms with Crippen molar-refractivity contribution in [1.29, 1.82) is 0 Å². The fraction of sp³-hybridized carbons (Fsp3) is 0.526. The first-order chi connectivity index (χ1) is 12.3. The zero-order valence-corrected chi connectivity index (χ0v) is 14.4. The number of pyridine rings is 1. The lowest BCUT2D eigenvalue weighted by atomic mass is 9.85. The van der Waals surface area contributed by atoms with Crippen LogP contribution in [-0.2, 0) is 6.54 Å². The van der Waals surface area contributed by atoms with E-state index >= 15 is 0 Å². The molecule has 2 N–H and O–H groups in total. The fourth-order valence-corrected chi connectivity index (χ4v) is 3.97. The number of amides is 2. The standard InChI is InChI=1S/C19H25N5O/c25-19(23-17-11-16(17)15-4-2-1-3-5-15)22-12-14-6-7-21-18(10-14)24-9-8-20-13-24/h6-10,13,15-17H,1-5,11-12H2,(H2,22,23,25)/t16-,17-/m0/s1. The molecule has 2 aromatic rings. The van der Waals surface area contributed by atoms with Crippen LogP contribution in [0.4, 0.5) is 4.79 Å². The van der Waals surface area contributed by atoms with Crippen molar-refractivity contribution in [3.8, 4) is 5.82 Å². The van der Waals surface area contributed by atoms with E-state index in [1.54, 1.807) is 18.7 Å². The molecule has 0 aliphatic heterocycles. The van der Waals surface area contributed by atoms with Gasteiger partial charge in [0.15, 0.2) is 0 Å². The van der Waals surface area contributed by atoms with Gasteiger partial charge in [0.2, 0.25) is 0 Å². The van der Waals surface area contributed by atoms with Crippen molar-refractivity contribution in [3.05, 3.63) is 42.6 Å². The van der Waals surface area contributed by atoms with Gasteiger partial charge in [-0.15, -0.1) is 0 Å². The van der Waals surface area contributed by atoms with Crippen LogP contribution in [0.25, 0.3) is 5.82 Å². The molecule has 25 heavy (non-hydrogen) atoms. The van der Waals surface area contributed by atoms with Crippen LogP contribution < -0.4 is 10.6 Å². The number of hydrogen-bond acceptors (Lipinski definition) is 3. The molecule has 0 bridgehead atoms. The second-order valence-corrected chi connectivity index (χ2v) is 7.22. The molecule has 132 valence electrons. The number of carbonyl (C=O) groups is 1. The number of nitrogens with zero attached hydrogens (tertiary/aromatic N) is 3. The summed E-state index contributed by atoms with van der Waals surface area (Å²) in [6.45, 7) is 0.497. The first-order valence-corrected chi connectivity index (χ1v) is 9.27. The van der Waals surface area contributed by atoms with Gasteiger partial charge >= 0.3 is 6.03 Å². The van der Waals surface area contributed by atoms with Crippen LogP contribution in [0.15, 0.2) is 37.1 Å². The van der Waals surface area contributed by atoms with Crippen molar-refractivity contribution in [3.63, 3.8) is 0 Å². The summed E-state index contributed by atoms with van der Waals surface area (Å²) in [6.07, 6.45) is 15.0. The summed E-state index contributed by atoms with van der Waals surface area (Å²) in [4.78, 5) is 20.5. The van der Waals surface area contributed by atoms with Gasteiger partial charge in [0.1, 0.15) is 12.1 Å². The quantitative estimate of drug-likeness (QED) is 0.879. The largest absolute Gasteiger partial charge is 0.335 e. The summed E-state index contributed by atoms with van der Waals surface area (Å²) in [7, 11) is 0. The molecule has 0 aromatic carbocycles. The summed E-state index contributed by atoms with van der Waals surface area (Å²) >= 11 is 0. The molecule has 2 atom stereocenters. The number of rotatable bonds is 5. The Hall–Kier alpha value is -2.37. The Balaban J connectivity index is 1.25. The van der Waals surface area contributed by atoms with Gasteiger partial charge in [0, 0.05) is 31.2 Å². The Labute approximate surface area is 148 Å². The third kappa shape index (κ3) is 4.00. The van der Waals surface area contributed by atoms with Crippen molar-refractivity contribution in [2.75, 3.05) is 0 Å². The minimum Gasteiger partial charge on any atom is -0.335 e. The Bertz CT molecular complexity index is 708. The minimum atomic E-state index is -0.0655. The molecule has 6 heteroatoms. The average molecular weight is 339 g/mol. The van der Waals surface area contributed by atoms with Crippen molar-refractivity contribution in [2.24, 2.45) is 11.8 Å². The average Bonchev–Trinajstić information content (AvgIpc) is 3.19. The fourth-order valence-electron chi connectivity index (χ4n) is 3.97. The van der Waals surface area contributed by atoms with Crippen LogP contribution in [-0.4, -0.2) is 26.6 Å². The summed E-state index contributed by atoms with van der Waals surface area (Å²) < 4.78 is 1.85. The van der Waals surface area contributed by atoms with Gasteiger partial charge in [-0.3, -0.25) is 4.57 Å². The topological polar surface area (TPSA) is 71.8 Å². The van der Waals surface area contributed by atoms with Crippen molar-refractivity contribution >= 4 is 6.03 Å². The SMILES string of the molecule is O=C(NCc1ccnc(-n2ccnc2)c1)N[C@H]1C[C@H]1C1CCCCC1. The van der Waals surface area contributed by atoms with Crippen LogP contribution in [0.3, 0.4) is 0 Å². The lowest BCUT2D eigenvalue weighted by molar-refractivity contribution is 0.237. The summed E-state index contributed by atoms with van der Waals surface area (Å²) in [5.74, 6) is 2.34. The number of hydrogen-bond donors (Lipinski definition) is 2. The van der Waals surface area contributed by atoms with E-state index in [4.69, 9.17) is 0 Å². The maximum Gasteiger partial charge on any atom is 0.315 e. The highest BCUT2D eigenvalue weighted by atomic mass is 16.2. The van der Waals surface area contributed by atoms with E-state index in [-0.39, 0.29) is 6.03 Å². The molecule has 0 unspecified atom stereocenters. The third-order valence-electron chi connectivity index (χ3n) is 5.44. The molecule has 2 fully saturated rings. The van der Waals surface area contributed by atoms with E-state index in [9.17, 15) is 4.79 Å². The van der Waals surface area contributed by atoms with E-state index in [2.05, 4.69) is 20.6 Å². The zero-order chi connectivity index (χ0) is 17.1. The molecule has 0 saturated heterocycles. The highest BCUT2D eigenvalue weighted by Gasteiger charge is 2.43. The van der Waals surface area contributed by atoms with Gasteiger partial charge in [0.05, 0.1) is 0 Å². The predicted octanol–water partition coefficient (Wildman–Crippen LogP) is 3.04. The number of imidazole rings is 1. The Kier molecular flexibility index (Phi) is 4.68. The monoisotopic (exact) mass is 339 g/mol. The first-order valence-electron chi connectivity index (χ1n) is 9.27. The molecule has 6 nitrogen and oxygen atoms in total. The van der Waals surface area contributed by atoms with Crippen LogP contribution in [0.1, 0.15) is 44.1 Å². The predicted molar refractivity (Wildman–Crippen MR) is 95.2 cm³/mol.